The highest BCUT2D eigenvalue weighted by atomic mass is 79.9. The van der Waals surface area contributed by atoms with E-state index in [4.69, 9.17) is 9.47 Å². The van der Waals surface area contributed by atoms with Gasteiger partial charge in [0.1, 0.15) is 0 Å². The molecule has 15 heavy (non-hydrogen) atoms. The van der Waals surface area contributed by atoms with Crippen LogP contribution < -0.4 is 9.47 Å². The van der Waals surface area contributed by atoms with Crippen LogP contribution in [0.15, 0.2) is 16.6 Å². The van der Waals surface area contributed by atoms with Crippen LogP contribution in [-0.2, 0) is 6.61 Å². The largest absolute Gasteiger partial charge is 0.493 e. The lowest BCUT2D eigenvalue weighted by Crippen LogP contribution is -2.09. The van der Waals surface area contributed by atoms with E-state index in [1.54, 1.807) is 7.11 Å². The number of rotatable bonds is 4. The molecule has 1 aromatic rings. The number of halogens is 1. The van der Waals surface area contributed by atoms with Gasteiger partial charge in [0.2, 0.25) is 0 Å². The highest BCUT2D eigenvalue weighted by molar-refractivity contribution is 9.10. The predicted molar refractivity (Wildman–Crippen MR) is 62.4 cm³/mol. The van der Waals surface area contributed by atoms with Crippen molar-refractivity contribution in [3.05, 3.63) is 22.2 Å². The van der Waals surface area contributed by atoms with Gasteiger partial charge in [-0.3, -0.25) is 0 Å². The molecule has 0 spiro atoms. The Hall–Kier alpha value is -0.740. The molecule has 0 saturated heterocycles. The number of hydrogen-bond donors (Lipinski definition) is 1. The summed E-state index contributed by atoms with van der Waals surface area (Å²) in [4.78, 5) is 0. The third kappa shape index (κ3) is 3.11. The van der Waals surface area contributed by atoms with Crippen LogP contribution in [0.5, 0.6) is 11.5 Å². The van der Waals surface area contributed by atoms with Crippen molar-refractivity contribution in [3.63, 3.8) is 0 Å². The van der Waals surface area contributed by atoms with Crippen molar-refractivity contribution in [2.24, 2.45) is 0 Å². The molecular formula is C11H15BrO3. The minimum absolute atomic E-state index is 0.0466. The van der Waals surface area contributed by atoms with Gasteiger partial charge in [0.05, 0.1) is 19.8 Å². The zero-order valence-corrected chi connectivity index (χ0v) is 10.7. The molecule has 0 aliphatic carbocycles. The topological polar surface area (TPSA) is 38.7 Å². The Morgan fingerprint density at radius 2 is 2.07 bits per heavy atom. The lowest BCUT2D eigenvalue weighted by atomic mass is 10.2. The minimum atomic E-state index is -0.0716. The number of methoxy groups -OCH3 is 1. The first-order valence-corrected chi connectivity index (χ1v) is 5.51. The molecule has 0 unspecified atom stereocenters. The number of hydrogen-bond acceptors (Lipinski definition) is 3. The lowest BCUT2D eigenvalue weighted by molar-refractivity contribution is 0.215. The molecule has 0 fully saturated rings. The molecule has 0 aromatic heterocycles. The maximum absolute atomic E-state index is 9.22. The van der Waals surface area contributed by atoms with Crippen molar-refractivity contribution in [3.8, 4) is 11.5 Å². The van der Waals surface area contributed by atoms with Crippen LogP contribution in [0, 0.1) is 0 Å². The number of benzene rings is 1. The summed E-state index contributed by atoms with van der Waals surface area (Å²) in [5.74, 6) is 1.24. The SMILES string of the molecule is COc1cc(Br)cc(CO)c1OC(C)C. The van der Waals surface area contributed by atoms with Crippen LogP contribution in [0.4, 0.5) is 0 Å². The van der Waals surface area contributed by atoms with Crippen LogP contribution in [0.2, 0.25) is 0 Å². The molecule has 0 bridgehead atoms. The molecule has 1 N–H and O–H groups in total. The van der Waals surface area contributed by atoms with Gasteiger partial charge in [-0.1, -0.05) is 15.9 Å². The van der Waals surface area contributed by atoms with Gasteiger partial charge >= 0.3 is 0 Å². The molecule has 0 aliphatic heterocycles. The first-order chi connectivity index (χ1) is 7.08. The van der Waals surface area contributed by atoms with Crippen LogP contribution in [0.3, 0.4) is 0 Å². The van der Waals surface area contributed by atoms with Gasteiger partial charge in [-0.05, 0) is 26.0 Å². The van der Waals surface area contributed by atoms with Gasteiger partial charge < -0.3 is 14.6 Å². The Kier molecular flexibility index (Phi) is 4.42. The summed E-state index contributed by atoms with van der Waals surface area (Å²) in [6.07, 6.45) is 0.0466. The molecule has 4 heteroatoms. The van der Waals surface area contributed by atoms with Gasteiger partial charge in [0, 0.05) is 10.0 Å². The summed E-state index contributed by atoms with van der Waals surface area (Å²) in [7, 11) is 1.58. The monoisotopic (exact) mass is 274 g/mol. The van der Waals surface area contributed by atoms with Gasteiger partial charge in [-0.15, -0.1) is 0 Å². The average molecular weight is 275 g/mol. The number of aliphatic hydroxyl groups is 1. The highest BCUT2D eigenvalue weighted by Crippen LogP contribution is 2.35. The van der Waals surface area contributed by atoms with Gasteiger partial charge in [0.25, 0.3) is 0 Å². The second-order valence-electron chi connectivity index (χ2n) is 3.42. The number of aliphatic hydroxyl groups excluding tert-OH is 1. The van der Waals surface area contributed by atoms with E-state index in [1.807, 2.05) is 26.0 Å². The fraction of sp³-hybridized carbons (Fsp3) is 0.455. The zero-order valence-electron chi connectivity index (χ0n) is 9.08. The molecule has 0 radical (unpaired) electrons. The molecule has 84 valence electrons. The molecule has 3 nitrogen and oxygen atoms in total. The number of ether oxygens (including phenoxy) is 2. The minimum Gasteiger partial charge on any atom is -0.493 e. The summed E-state index contributed by atoms with van der Waals surface area (Å²) in [6, 6.07) is 3.64. The van der Waals surface area contributed by atoms with E-state index in [1.165, 1.54) is 0 Å². The smallest absolute Gasteiger partial charge is 0.167 e. The second-order valence-corrected chi connectivity index (χ2v) is 4.34. The van der Waals surface area contributed by atoms with Crippen molar-refractivity contribution < 1.29 is 14.6 Å². The molecule has 1 aromatic carbocycles. The Morgan fingerprint density at radius 3 is 2.53 bits per heavy atom. The molecule has 0 amide bonds. The molecule has 0 aliphatic rings. The van der Waals surface area contributed by atoms with Crippen LogP contribution in [-0.4, -0.2) is 18.3 Å². The summed E-state index contributed by atoms with van der Waals surface area (Å²) in [6.45, 7) is 3.79. The van der Waals surface area contributed by atoms with Crippen LogP contribution in [0.1, 0.15) is 19.4 Å². The quantitative estimate of drug-likeness (QED) is 0.918. The van der Waals surface area contributed by atoms with Crippen molar-refractivity contribution in [2.45, 2.75) is 26.6 Å². The van der Waals surface area contributed by atoms with E-state index >= 15 is 0 Å². The summed E-state index contributed by atoms with van der Waals surface area (Å²) in [5.41, 5.74) is 0.718. The van der Waals surface area contributed by atoms with Crippen molar-refractivity contribution in [1.29, 1.82) is 0 Å². The second kappa shape index (κ2) is 5.37. The fourth-order valence-electron chi connectivity index (χ4n) is 1.26. The average Bonchev–Trinajstić information content (AvgIpc) is 2.19. The Balaban J connectivity index is 3.18. The van der Waals surface area contributed by atoms with E-state index in [0.717, 1.165) is 10.0 Å². The summed E-state index contributed by atoms with van der Waals surface area (Å²) >= 11 is 3.35. The standard InChI is InChI=1S/C11H15BrO3/c1-7(2)15-11-8(6-13)4-9(12)5-10(11)14-3/h4-5,7,13H,6H2,1-3H3. The Bertz CT molecular complexity index is 312. The van der Waals surface area contributed by atoms with Crippen molar-refractivity contribution in [2.75, 3.05) is 7.11 Å². The van der Waals surface area contributed by atoms with Crippen LogP contribution in [0.25, 0.3) is 0 Å². The Morgan fingerprint density at radius 1 is 1.40 bits per heavy atom. The summed E-state index contributed by atoms with van der Waals surface area (Å²) in [5, 5.41) is 9.22. The molecular weight excluding hydrogens is 260 g/mol. The van der Waals surface area contributed by atoms with Gasteiger partial charge in [-0.2, -0.15) is 0 Å². The lowest BCUT2D eigenvalue weighted by Gasteiger charge is -2.17. The maximum atomic E-state index is 9.22. The van der Waals surface area contributed by atoms with E-state index in [9.17, 15) is 5.11 Å². The first-order valence-electron chi connectivity index (χ1n) is 4.72. The first kappa shape index (κ1) is 12.3. The van der Waals surface area contributed by atoms with E-state index in [2.05, 4.69) is 15.9 Å². The molecule has 0 atom stereocenters. The molecule has 0 saturated carbocycles. The fourth-order valence-corrected chi connectivity index (χ4v) is 1.75. The van der Waals surface area contributed by atoms with E-state index < -0.39 is 0 Å². The highest BCUT2D eigenvalue weighted by Gasteiger charge is 2.13. The van der Waals surface area contributed by atoms with E-state index in [-0.39, 0.29) is 12.7 Å². The predicted octanol–water partition coefficient (Wildman–Crippen LogP) is 2.74. The summed E-state index contributed by atoms with van der Waals surface area (Å²) < 4.78 is 11.7. The molecule has 1 rings (SSSR count). The van der Waals surface area contributed by atoms with Crippen molar-refractivity contribution in [1.82, 2.24) is 0 Å². The zero-order chi connectivity index (χ0) is 11.4. The third-order valence-corrected chi connectivity index (χ3v) is 2.30. The van der Waals surface area contributed by atoms with E-state index in [0.29, 0.717) is 11.5 Å². The van der Waals surface area contributed by atoms with Crippen LogP contribution >= 0.6 is 15.9 Å². The normalized spacial score (nSPS) is 10.5. The molecule has 0 heterocycles. The maximum Gasteiger partial charge on any atom is 0.167 e. The third-order valence-electron chi connectivity index (χ3n) is 1.84. The van der Waals surface area contributed by atoms with Gasteiger partial charge in [-0.25, -0.2) is 0 Å². The van der Waals surface area contributed by atoms with Gasteiger partial charge in [0.15, 0.2) is 11.5 Å². The van der Waals surface area contributed by atoms with Crippen molar-refractivity contribution >= 4 is 15.9 Å². The Labute approximate surface area is 98.1 Å².